The number of rotatable bonds is 5. The van der Waals surface area contributed by atoms with Crippen molar-refractivity contribution in [1.29, 1.82) is 0 Å². The van der Waals surface area contributed by atoms with Gasteiger partial charge >= 0.3 is 11.9 Å². The molecule has 0 spiro atoms. The minimum Gasteiger partial charge on any atom is -0.480 e. The van der Waals surface area contributed by atoms with E-state index in [0.29, 0.717) is 37.3 Å². The van der Waals surface area contributed by atoms with Crippen LogP contribution in [0.4, 0.5) is 5.82 Å². The number of aromatic nitrogens is 2. The molecule has 150 valence electrons. The highest BCUT2D eigenvalue weighted by Crippen LogP contribution is 2.32. The molecule has 4 rings (SSSR count). The fraction of sp³-hybridized carbons (Fsp3) is 0.286. The van der Waals surface area contributed by atoms with Crippen LogP contribution in [0.2, 0.25) is 0 Å². The van der Waals surface area contributed by atoms with Crippen molar-refractivity contribution < 1.29 is 19.8 Å². The van der Waals surface area contributed by atoms with Crippen molar-refractivity contribution in [3.05, 3.63) is 59.9 Å². The van der Waals surface area contributed by atoms with E-state index in [-0.39, 0.29) is 5.56 Å². The van der Waals surface area contributed by atoms with E-state index in [9.17, 15) is 19.8 Å². The number of aromatic carboxylic acids is 1. The van der Waals surface area contributed by atoms with Gasteiger partial charge in [0.15, 0.2) is 0 Å². The lowest BCUT2D eigenvalue weighted by Gasteiger charge is -2.38. The summed E-state index contributed by atoms with van der Waals surface area (Å²) in [7, 11) is 1.80. The highest BCUT2D eigenvalue weighted by atomic mass is 16.4. The second-order valence-electron chi connectivity index (χ2n) is 7.18. The number of nitrogens with zero attached hydrogens (tertiary/aromatic N) is 4. The van der Waals surface area contributed by atoms with Crippen LogP contribution in [0.5, 0.6) is 0 Å². The van der Waals surface area contributed by atoms with E-state index >= 15 is 0 Å². The number of pyridine rings is 1. The van der Waals surface area contributed by atoms with E-state index in [1.54, 1.807) is 36.1 Å². The van der Waals surface area contributed by atoms with Crippen LogP contribution in [0.25, 0.3) is 10.9 Å². The lowest BCUT2D eigenvalue weighted by Crippen LogP contribution is -2.49. The summed E-state index contributed by atoms with van der Waals surface area (Å²) < 4.78 is 1.79. The zero-order valence-corrected chi connectivity index (χ0v) is 16.0. The van der Waals surface area contributed by atoms with Crippen LogP contribution in [0.1, 0.15) is 22.0 Å². The van der Waals surface area contributed by atoms with Crippen molar-refractivity contribution in [3.8, 4) is 0 Å². The number of carbonyl (C=O) groups is 2. The number of benzene rings is 1. The van der Waals surface area contributed by atoms with Gasteiger partial charge in [0, 0.05) is 62.1 Å². The highest BCUT2D eigenvalue weighted by molar-refractivity contribution is 5.96. The van der Waals surface area contributed by atoms with Gasteiger partial charge < -0.3 is 19.7 Å². The third-order valence-electron chi connectivity index (χ3n) is 5.45. The molecule has 0 bridgehead atoms. The van der Waals surface area contributed by atoms with Crippen molar-refractivity contribution in [3.63, 3.8) is 0 Å². The van der Waals surface area contributed by atoms with Gasteiger partial charge in [-0.25, -0.2) is 9.78 Å². The monoisotopic (exact) mass is 394 g/mol. The van der Waals surface area contributed by atoms with Gasteiger partial charge in [0.2, 0.25) is 0 Å². The molecule has 29 heavy (non-hydrogen) atoms. The van der Waals surface area contributed by atoms with Gasteiger partial charge in [-0.1, -0.05) is 12.1 Å². The summed E-state index contributed by atoms with van der Waals surface area (Å²) in [5.41, 5.74) is 1.57. The van der Waals surface area contributed by atoms with Crippen LogP contribution in [-0.2, 0) is 11.8 Å². The third kappa shape index (κ3) is 3.54. The third-order valence-corrected chi connectivity index (χ3v) is 5.45. The van der Waals surface area contributed by atoms with Gasteiger partial charge in [-0.3, -0.25) is 9.69 Å². The standard InChI is InChI=1S/C21H22N4O4/c1-23-13-16(15-6-5-14(20(26)27)12-17(15)23)19(21(28)29)25-10-8-24(9-11-25)18-4-2-3-7-22-18/h2-7,12-13,19H,8-11H2,1H3,(H,26,27)(H,28,29). The molecule has 1 aromatic carbocycles. The van der Waals surface area contributed by atoms with Crippen LogP contribution in [0.15, 0.2) is 48.8 Å². The smallest absolute Gasteiger partial charge is 0.335 e. The molecule has 1 saturated heterocycles. The molecule has 3 heterocycles. The number of carboxylic acid groups (broad SMARTS) is 2. The first-order valence-corrected chi connectivity index (χ1v) is 9.41. The number of aliphatic carboxylic acids is 1. The van der Waals surface area contributed by atoms with Gasteiger partial charge in [0.1, 0.15) is 11.9 Å². The normalized spacial score (nSPS) is 16.1. The number of hydrogen-bond acceptors (Lipinski definition) is 5. The van der Waals surface area contributed by atoms with E-state index in [2.05, 4.69) is 9.88 Å². The predicted molar refractivity (Wildman–Crippen MR) is 108 cm³/mol. The lowest BCUT2D eigenvalue weighted by atomic mass is 10.0. The van der Waals surface area contributed by atoms with E-state index in [4.69, 9.17) is 0 Å². The Labute approximate surface area is 167 Å². The van der Waals surface area contributed by atoms with E-state index in [1.807, 2.05) is 23.1 Å². The van der Waals surface area contributed by atoms with Gasteiger partial charge in [-0.15, -0.1) is 0 Å². The van der Waals surface area contributed by atoms with Gasteiger partial charge in [0.25, 0.3) is 0 Å². The molecule has 2 aromatic heterocycles. The minimum atomic E-state index is -1.00. The number of fused-ring (bicyclic) bond motifs is 1. The molecule has 1 unspecified atom stereocenters. The van der Waals surface area contributed by atoms with E-state index < -0.39 is 18.0 Å². The zero-order chi connectivity index (χ0) is 20.5. The Hall–Kier alpha value is -3.39. The van der Waals surface area contributed by atoms with Crippen LogP contribution >= 0.6 is 0 Å². The molecule has 0 radical (unpaired) electrons. The molecular weight excluding hydrogens is 372 g/mol. The molecule has 1 atom stereocenters. The number of anilines is 1. The quantitative estimate of drug-likeness (QED) is 0.685. The number of aryl methyl sites for hydroxylation is 1. The summed E-state index contributed by atoms with van der Waals surface area (Å²) in [6, 6.07) is 9.78. The molecule has 1 aliphatic rings. The molecule has 2 N–H and O–H groups in total. The molecular formula is C21H22N4O4. The molecule has 8 heteroatoms. The second-order valence-corrected chi connectivity index (χ2v) is 7.18. The average molecular weight is 394 g/mol. The van der Waals surface area contributed by atoms with Gasteiger partial charge in [-0.2, -0.15) is 0 Å². The van der Waals surface area contributed by atoms with Gasteiger partial charge in [0.05, 0.1) is 5.56 Å². The summed E-state index contributed by atoms with van der Waals surface area (Å²) in [6.07, 6.45) is 3.55. The summed E-state index contributed by atoms with van der Waals surface area (Å²) in [4.78, 5) is 32.0. The van der Waals surface area contributed by atoms with Crippen molar-refractivity contribution in [2.45, 2.75) is 6.04 Å². The molecule has 0 amide bonds. The Morgan fingerprint density at radius 2 is 1.83 bits per heavy atom. The largest absolute Gasteiger partial charge is 0.480 e. The average Bonchev–Trinajstić information content (AvgIpc) is 3.05. The molecule has 8 nitrogen and oxygen atoms in total. The molecule has 0 saturated carbocycles. The predicted octanol–water partition coefficient (Wildman–Crippen LogP) is 2.22. The van der Waals surface area contributed by atoms with Crippen LogP contribution in [0, 0.1) is 0 Å². The summed E-state index contributed by atoms with van der Waals surface area (Å²) in [5.74, 6) is -1.02. The Bertz CT molecular complexity index is 1060. The van der Waals surface area contributed by atoms with Crippen molar-refractivity contribution in [2.75, 3.05) is 31.1 Å². The Morgan fingerprint density at radius 1 is 1.07 bits per heavy atom. The van der Waals surface area contributed by atoms with Crippen molar-refractivity contribution in [1.82, 2.24) is 14.5 Å². The SMILES string of the molecule is Cn1cc(C(C(=O)O)N2CCN(c3ccccn3)CC2)c2ccc(C(=O)O)cc21. The van der Waals surface area contributed by atoms with Crippen LogP contribution in [0.3, 0.4) is 0 Å². The fourth-order valence-corrected chi connectivity index (χ4v) is 4.00. The number of piperazine rings is 1. The first kappa shape index (κ1) is 18.9. The lowest BCUT2D eigenvalue weighted by molar-refractivity contribution is -0.143. The van der Waals surface area contributed by atoms with E-state index in [0.717, 1.165) is 11.2 Å². The van der Waals surface area contributed by atoms with Gasteiger partial charge in [-0.05, 0) is 24.3 Å². The molecule has 1 fully saturated rings. The summed E-state index contributed by atoms with van der Waals surface area (Å²) in [6.45, 7) is 2.57. The first-order chi connectivity index (χ1) is 14.0. The second kappa shape index (κ2) is 7.56. The molecule has 1 aliphatic heterocycles. The highest BCUT2D eigenvalue weighted by Gasteiger charge is 2.32. The maximum atomic E-state index is 12.2. The minimum absolute atomic E-state index is 0.182. The molecule has 0 aliphatic carbocycles. The molecule has 3 aromatic rings. The summed E-state index contributed by atoms with van der Waals surface area (Å²) >= 11 is 0. The first-order valence-electron chi connectivity index (χ1n) is 9.41. The Morgan fingerprint density at radius 3 is 2.45 bits per heavy atom. The topological polar surface area (TPSA) is 98.9 Å². The van der Waals surface area contributed by atoms with Crippen LogP contribution < -0.4 is 4.90 Å². The summed E-state index contributed by atoms with van der Waals surface area (Å²) in [5, 5.41) is 20.0. The number of hydrogen-bond donors (Lipinski definition) is 2. The van der Waals surface area contributed by atoms with Crippen molar-refractivity contribution in [2.24, 2.45) is 7.05 Å². The fourth-order valence-electron chi connectivity index (χ4n) is 4.00. The van der Waals surface area contributed by atoms with Crippen LogP contribution in [-0.4, -0.2) is 62.8 Å². The van der Waals surface area contributed by atoms with Crippen molar-refractivity contribution >= 4 is 28.7 Å². The zero-order valence-electron chi connectivity index (χ0n) is 16.0. The van der Waals surface area contributed by atoms with E-state index in [1.165, 1.54) is 6.07 Å². The Balaban J connectivity index is 1.62. The maximum Gasteiger partial charge on any atom is 0.335 e. The number of carboxylic acids is 2. The maximum absolute atomic E-state index is 12.2. The Kier molecular flexibility index (Phi) is 4.94.